The quantitative estimate of drug-likeness (QED) is 0.232. The minimum atomic E-state index is -4.57. The van der Waals surface area contributed by atoms with Crippen LogP contribution in [0.25, 0.3) is 33.2 Å². The van der Waals surface area contributed by atoms with Crippen molar-refractivity contribution in [3.8, 4) is 11.4 Å². The lowest BCUT2D eigenvalue weighted by Crippen LogP contribution is -2.20. The molecule has 0 fully saturated rings. The third-order valence-corrected chi connectivity index (χ3v) is 6.71. The molecule has 4 aromatic carbocycles. The molecule has 208 valence electrons. The Hall–Kier alpha value is -5.51. The van der Waals surface area contributed by atoms with Gasteiger partial charge < -0.3 is 9.88 Å². The van der Waals surface area contributed by atoms with Crippen molar-refractivity contribution in [2.45, 2.75) is 12.7 Å². The van der Waals surface area contributed by atoms with Gasteiger partial charge in [-0.05, 0) is 42.5 Å². The Bertz CT molecular complexity index is 2030. The van der Waals surface area contributed by atoms with Gasteiger partial charge in [0.1, 0.15) is 6.54 Å². The summed E-state index contributed by atoms with van der Waals surface area (Å²) < 4.78 is 43.3. The molecule has 0 radical (unpaired) electrons. The number of benzene rings is 4. The Morgan fingerprint density at radius 1 is 0.881 bits per heavy atom. The molecule has 10 heteroatoms. The lowest BCUT2D eigenvalue weighted by atomic mass is 10.1. The van der Waals surface area contributed by atoms with E-state index in [9.17, 15) is 22.8 Å². The van der Waals surface area contributed by atoms with E-state index in [1.165, 1.54) is 18.3 Å². The van der Waals surface area contributed by atoms with Gasteiger partial charge in [0.25, 0.3) is 5.56 Å². The van der Waals surface area contributed by atoms with Crippen molar-refractivity contribution in [2.24, 2.45) is 5.10 Å². The van der Waals surface area contributed by atoms with E-state index >= 15 is 0 Å². The van der Waals surface area contributed by atoms with Gasteiger partial charge in [0.15, 0.2) is 5.82 Å². The van der Waals surface area contributed by atoms with E-state index in [0.717, 1.165) is 27.7 Å². The van der Waals surface area contributed by atoms with Crippen LogP contribution in [0.4, 0.5) is 18.9 Å². The Kier molecular flexibility index (Phi) is 6.87. The summed E-state index contributed by atoms with van der Waals surface area (Å²) >= 11 is 0. The number of hydrogen-bond acceptors (Lipinski definition) is 4. The Morgan fingerprint density at radius 2 is 1.60 bits per heavy atom. The van der Waals surface area contributed by atoms with Crippen molar-refractivity contribution < 1.29 is 18.0 Å². The maximum Gasteiger partial charge on any atom is 0.416 e. The van der Waals surface area contributed by atoms with Crippen molar-refractivity contribution in [2.75, 3.05) is 5.32 Å². The first-order valence-corrected chi connectivity index (χ1v) is 12.9. The normalized spacial score (nSPS) is 11.9. The van der Waals surface area contributed by atoms with E-state index in [2.05, 4.69) is 15.4 Å². The number of para-hydroxylation sites is 3. The van der Waals surface area contributed by atoms with Gasteiger partial charge in [-0.2, -0.15) is 22.9 Å². The smallest absolute Gasteiger partial charge is 0.337 e. The second kappa shape index (κ2) is 10.8. The summed E-state index contributed by atoms with van der Waals surface area (Å²) in [6.45, 7) is 0.0240. The highest BCUT2D eigenvalue weighted by atomic mass is 19.4. The molecule has 6 aromatic rings. The number of carbonyl (C=O) groups excluding carboxylic acids is 1. The number of anilines is 1. The fourth-order valence-electron chi connectivity index (χ4n) is 4.76. The van der Waals surface area contributed by atoms with Gasteiger partial charge in [-0.1, -0.05) is 60.7 Å². The zero-order valence-corrected chi connectivity index (χ0v) is 21.9. The second-order valence-electron chi connectivity index (χ2n) is 9.54. The molecule has 0 atom stereocenters. The summed E-state index contributed by atoms with van der Waals surface area (Å²) in [4.78, 5) is 30.8. The first kappa shape index (κ1) is 26.7. The van der Waals surface area contributed by atoms with Crippen LogP contribution in [0.2, 0.25) is 0 Å². The van der Waals surface area contributed by atoms with E-state index in [-0.39, 0.29) is 29.2 Å². The highest BCUT2D eigenvalue weighted by Gasteiger charge is 2.31. The van der Waals surface area contributed by atoms with Gasteiger partial charge in [0.2, 0.25) is 5.91 Å². The van der Waals surface area contributed by atoms with E-state index in [1.54, 1.807) is 47.2 Å². The highest BCUT2D eigenvalue weighted by Crippen LogP contribution is 2.32. The molecule has 0 aliphatic rings. The molecule has 1 amide bonds. The minimum absolute atomic E-state index is 0.0240. The van der Waals surface area contributed by atoms with Crippen LogP contribution in [0.5, 0.6) is 0 Å². The van der Waals surface area contributed by atoms with E-state index in [4.69, 9.17) is 0 Å². The number of rotatable bonds is 6. The van der Waals surface area contributed by atoms with Crippen LogP contribution in [-0.4, -0.2) is 26.3 Å². The fraction of sp³-hybridized carbons (Fsp3) is 0.0625. The number of fused-ring (bicyclic) bond motifs is 2. The van der Waals surface area contributed by atoms with Crippen LogP contribution in [0.1, 0.15) is 11.1 Å². The van der Waals surface area contributed by atoms with Crippen LogP contribution in [0.3, 0.4) is 0 Å². The number of alkyl halides is 3. The van der Waals surface area contributed by atoms with Crippen molar-refractivity contribution in [1.29, 1.82) is 0 Å². The molecule has 0 spiro atoms. The van der Waals surface area contributed by atoms with E-state index in [0.29, 0.717) is 16.8 Å². The number of nitrogens with zero attached hydrogens (tertiary/aromatic N) is 4. The Morgan fingerprint density at radius 3 is 2.38 bits per heavy atom. The Labute approximate surface area is 237 Å². The lowest BCUT2D eigenvalue weighted by Gasteiger charge is -2.12. The molecule has 7 nitrogen and oxygen atoms in total. The molecular weight excluding hydrogens is 543 g/mol. The standard InChI is InChI=1S/C32H22F3N5O2/c33-32(34,35)23-10-8-9-21(17-23)30-38-27-15-6-4-14-26(27)31(42)40(30)36-18-22-19-39(28-16-7-5-13-25(22)28)20-29(41)37-24-11-2-1-3-12-24/h1-19H,20H2,(H,37,41). The zero-order chi connectivity index (χ0) is 29.3. The predicted octanol–water partition coefficient (Wildman–Crippen LogP) is 6.56. The summed E-state index contributed by atoms with van der Waals surface area (Å²) in [6.07, 6.45) is -1.39. The van der Waals surface area contributed by atoms with Crippen LogP contribution in [-0.2, 0) is 17.5 Å². The van der Waals surface area contributed by atoms with E-state index in [1.807, 2.05) is 42.5 Å². The van der Waals surface area contributed by atoms with Crippen molar-refractivity contribution in [3.05, 3.63) is 131 Å². The number of halogens is 3. The molecule has 6 rings (SSSR count). The maximum absolute atomic E-state index is 13.5. The number of aromatic nitrogens is 3. The summed E-state index contributed by atoms with van der Waals surface area (Å²) in [5.74, 6) is -0.265. The van der Waals surface area contributed by atoms with Crippen LogP contribution >= 0.6 is 0 Å². The summed E-state index contributed by atoms with van der Waals surface area (Å²) in [5, 5.41) is 8.33. The number of amides is 1. The first-order valence-electron chi connectivity index (χ1n) is 12.9. The van der Waals surface area contributed by atoms with Gasteiger partial charge >= 0.3 is 6.18 Å². The molecule has 0 bridgehead atoms. The van der Waals surface area contributed by atoms with Crippen molar-refractivity contribution in [1.82, 2.24) is 14.2 Å². The molecule has 0 saturated heterocycles. The van der Waals surface area contributed by atoms with E-state index < -0.39 is 17.3 Å². The Balaban J connectivity index is 1.43. The number of carbonyl (C=O) groups is 1. The van der Waals surface area contributed by atoms with Gasteiger partial charge in [-0.3, -0.25) is 9.59 Å². The third-order valence-electron chi connectivity index (χ3n) is 6.71. The van der Waals surface area contributed by atoms with Gasteiger partial charge in [0, 0.05) is 33.9 Å². The largest absolute Gasteiger partial charge is 0.416 e. The molecule has 2 heterocycles. The average Bonchev–Trinajstić information content (AvgIpc) is 3.33. The minimum Gasteiger partial charge on any atom is -0.337 e. The van der Waals surface area contributed by atoms with Gasteiger partial charge in [-0.25, -0.2) is 4.98 Å². The molecule has 0 saturated carbocycles. The zero-order valence-electron chi connectivity index (χ0n) is 21.9. The third kappa shape index (κ3) is 5.29. The van der Waals surface area contributed by atoms with Crippen LogP contribution in [0.15, 0.2) is 119 Å². The molecule has 1 N–H and O–H groups in total. The molecule has 2 aromatic heterocycles. The molecule has 42 heavy (non-hydrogen) atoms. The monoisotopic (exact) mass is 565 g/mol. The van der Waals surface area contributed by atoms with Crippen molar-refractivity contribution in [3.63, 3.8) is 0 Å². The average molecular weight is 566 g/mol. The maximum atomic E-state index is 13.5. The number of hydrogen-bond donors (Lipinski definition) is 1. The molecule has 0 unspecified atom stereocenters. The summed E-state index contributed by atoms with van der Waals surface area (Å²) in [6, 6.07) is 27.7. The summed E-state index contributed by atoms with van der Waals surface area (Å²) in [7, 11) is 0. The topological polar surface area (TPSA) is 81.3 Å². The van der Waals surface area contributed by atoms with Crippen molar-refractivity contribution >= 4 is 39.6 Å². The highest BCUT2D eigenvalue weighted by molar-refractivity contribution is 6.00. The SMILES string of the molecule is O=C(Cn1cc(C=Nn2c(-c3cccc(C(F)(F)F)c3)nc3ccccc3c2=O)c2ccccc21)Nc1ccccc1. The second-order valence-corrected chi connectivity index (χ2v) is 9.54. The van der Waals surface area contributed by atoms with Gasteiger partial charge in [0.05, 0.1) is 22.7 Å². The van der Waals surface area contributed by atoms with Crippen LogP contribution < -0.4 is 10.9 Å². The fourth-order valence-corrected chi connectivity index (χ4v) is 4.76. The number of nitrogens with one attached hydrogen (secondary N) is 1. The molecule has 0 aliphatic carbocycles. The predicted molar refractivity (Wildman–Crippen MR) is 156 cm³/mol. The van der Waals surface area contributed by atoms with Crippen LogP contribution in [0, 0.1) is 0 Å². The molecular formula is C32H22F3N5O2. The first-order chi connectivity index (χ1) is 20.3. The van der Waals surface area contributed by atoms with Gasteiger partial charge in [-0.15, -0.1) is 0 Å². The lowest BCUT2D eigenvalue weighted by molar-refractivity contribution is -0.137. The molecule has 0 aliphatic heterocycles. The summed E-state index contributed by atoms with van der Waals surface area (Å²) in [5.41, 5.74) is 1.07.